The fourth-order valence-electron chi connectivity index (χ4n) is 5.68. The van der Waals surface area contributed by atoms with Gasteiger partial charge in [-0.3, -0.25) is 0 Å². The van der Waals surface area contributed by atoms with E-state index < -0.39 is 11.7 Å². The summed E-state index contributed by atoms with van der Waals surface area (Å²) in [4.78, 5) is 2.19. The fourth-order valence-corrected chi connectivity index (χ4v) is 5.68. The summed E-state index contributed by atoms with van der Waals surface area (Å²) in [7, 11) is 0. The van der Waals surface area contributed by atoms with E-state index in [1.54, 1.807) is 12.1 Å². The third kappa shape index (κ3) is 3.26. The normalized spacial score (nSPS) is 17.4. The van der Waals surface area contributed by atoms with Crippen molar-refractivity contribution in [2.75, 3.05) is 10.2 Å². The van der Waals surface area contributed by atoms with Crippen molar-refractivity contribution in [2.24, 2.45) is 0 Å². The molecule has 0 bridgehead atoms. The summed E-state index contributed by atoms with van der Waals surface area (Å²) >= 11 is 0. The van der Waals surface area contributed by atoms with E-state index in [1.807, 2.05) is 30.3 Å². The average Bonchev–Trinajstić information content (AvgIpc) is 3.67. The summed E-state index contributed by atoms with van der Waals surface area (Å²) < 4.78 is 40.1. The molecule has 36 heavy (non-hydrogen) atoms. The van der Waals surface area contributed by atoms with Crippen molar-refractivity contribution in [3.8, 4) is 0 Å². The molecule has 1 aliphatic heterocycles. The van der Waals surface area contributed by atoms with Gasteiger partial charge in [0.2, 0.25) is 0 Å². The molecule has 0 radical (unpaired) electrons. The number of halogens is 3. The van der Waals surface area contributed by atoms with Crippen LogP contribution in [0.3, 0.4) is 0 Å². The van der Waals surface area contributed by atoms with Crippen LogP contribution in [0.15, 0.2) is 97.1 Å². The Kier molecular flexibility index (Phi) is 4.59. The van der Waals surface area contributed by atoms with Gasteiger partial charge in [-0.1, -0.05) is 72.8 Å². The Morgan fingerprint density at radius 2 is 1.19 bits per heavy atom. The van der Waals surface area contributed by atoms with Crippen LogP contribution in [0.5, 0.6) is 0 Å². The Hall–Kier alpha value is -3.99. The van der Waals surface area contributed by atoms with E-state index in [0.29, 0.717) is 5.92 Å². The number of nitrogens with one attached hydrogen (secondary N) is 1. The lowest BCUT2D eigenvalue weighted by molar-refractivity contribution is -0.137. The van der Waals surface area contributed by atoms with Crippen LogP contribution in [0.1, 0.15) is 41.6 Å². The van der Waals surface area contributed by atoms with Gasteiger partial charge in [0.1, 0.15) is 6.17 Å². The van der Waals surface area contributed by atoms with Crippen LogP contribution in [0.4, 0.5) is 30.2 Å². The number of hydrogen-bond acceptors (Lipinski definition) is 2. The minimum atomic E-state index is -4.37. The van der Waals surface area contributed by atoms with Crippen LogP contribution >= 0.6 is 0 Å². The Morgan fingerprint density at radius 3 is 1.83 bits per heavy atom. The number of fused-ring (bicyclic) bond motifs is 6. The summed E-state index contributed by atoms with van der Waals surface area (Å²) in [5.74, 6) is 0.537. The lowest BCUT2D eigenvalue weighted by atomic mass is 9.98. The number of nitrogens with zero attached hydrogens (tertiary/aromatic N) is 1. The van der Waals surface area contributed by atoms with Crippen LogP contribution in [0.2, 0.25) is 0 Å². The Balaban J connectivity index is 1.51. The van der Waals surface area contributed by atoms with E-state index >= 15 is 0 Å². The van der Waals surface area contributed by atoms with Gasteiger partial charge in [0.15, 0.2) is 0 Å². The topological polar surface area (TPSA) is 15.3 Å². The first kappa shape index (κ1) is 21.3. The standard InChI is InChI=1S/C31H23F3N2/c32-31(33,34)20-15-17-21(18-16-20)36-29-26-11-5-3-9-24(26)23-8-2-4-10-25(23)28(29)35-30(36)27-12-6-1-7-22(27)19-13-14-19/h1-12,15-19,30,35H,13-14H2. The smallest absolute Gasteiger partial charge is 0.359 e. The fraction of sp³-hybridized carbons (Fsp3) is 0.161. The zero-order valence-corrected chi connectivity index (χ0v) is 19.4. The quantitative estimate of drug-likeness (QED) is 0.259. The van der Waals surface area contributed by atoms with Crippen molar-refractivity contribution in [2.45, 2.75) is 31.1 Å². The van der Waals surface area contributed by atoms with Crippen molar-refractivity contribution in [3.05, 3.63) is 114 Å². The molecule has 0 aromatic heterocycles. The molecule has 1 N–H and O–H groups in total. The largest absolute Gasteiger partial charge is 0.416 e. The van der Waals surface area contributed by atoms with E-state index in [0.717, 1.165) is 38.6 Å². The molecule has 0 saturated heterocycles. The van der Waals surface area contributed by atoms with E-state index in [9.17, 15) is 13.2 Å². The number of rotatable bonds is 3. The Labute approximate surface area is 207 Å². The Morgan fingerprint density at radius 1 is 0.639 bits per heavy atom. The maximum Gasteiger partial charge on any atom is 0.416 e. The highest BCUT2D eigenvalue weighted by molar-refractivity contribution is 6.22. The molecule has 1 saturated carbocycles. The first-order valence-electron chi connectivity index (χ1n) is 12.3. The highest BCUT2D eigenvalue weighted by Gasteiger charge is 2.38. The molecule has 1 heterocycles. The van der Waals surface area contributed by atoms with Gasteiger partial charge >= 0.3 is 6.18 Å². The first-order chi connectivity index (χ1) is 17.5. The molecule has 178 valence electrons. The van der Waals surface area contributed by atoms with Crippen LogP contribution < -0.4 is 10.2 Å². The van der Waals surface area contributed by atoms with Crippen molar-refractivity contribution in [1.82, 2.24) is 0 Å². The van der Waals surface area contributed by atoms with Gasteiger partial charge < -0.3 is 10.2 Å². The summed E-state index contributed by atoms with van der Waals surface area (Å²) in [5, 5.41) is 8.27. The second kappa shape index (κ2) is 7.76. The van der Waals surface area contributed by atoms with Crippen molar-refractivity contribution >= 4 is 38.6 Å². The molecular formula is C31H23F3N2. The van der Waals surface area contributed by atoms with Gasteiger partial charge in [-0.25, -0.2) is 0 Å². The molecule has 1 atom stereocenters. The molecule has 2 nitrogen and oxygen atoms in total. The predicted molar refractivity (Wildman–Crippen MR) is 140 cm³/mol. The first-order valence-corrected chi connectivity index (χ1v) is 12.3. The minimum absolute atomic E-state index is 0.234. The zero-order chi connectivity index (χ0) is 24.4. The maximum atomic E-state index is 13.4. The number of anilines is 3. The summed E-state index contributed by atoms with van der Waals surface area (Å²) in [6, 6.07) is 30.6. The van der Waals surface area contributed by atoms with Crippen molar-refractivity contribution in [1.29, 1.82) is 0 Å². The maximum absolute atomic E-state index is 13.4. The molecule has 2 aliphatic rings. The minimum Gasteiger partial charge on any atom is -0.359 e. The summed E-state index contributed by atoms with van der Waals surface area (Å²) in [6.45, 7) is 0. The molecule has 5 heteroatoms. The lowest BCUT2D eigenvalue weighted by Gasteiger charge is -2.30. The van der Waals surface area contributed by atoms with Gasteiger partial charge in [-0.15, -0.1) is 0 Å². The third-order valence-corrected chi connectivity index (χ3v) is 7.47. The highest BCUT2D eigenvalue weighted by Crippen LogP contribution is 2.55. The monoisotopic (exact) mass is 480 g/mol. The molecule has 5 aromatic carbocycles. The Bertz CT molecular complexity index is 1620. The molecular weight excluding hydrogens is 457 g/mol. The van der Waals surface area contributed by atoms with Crippen LogP contribution in [-0.2, 0) is 6.18 Å². The van der Waals surface area contributed by atoms with E-state index in [2.05, 4.69) is 52.7 Å². The molecule has 0 amide bonds. The van der Waals surface area contributed by atoms with Gasteiger partial charge in [-0.2, -0.15) is 13.2 Å². The SMILES string of the molecule is FC(F)(F)c1ccc(N2c3c(c4ccccc4c4ccccc34)NC2c2ccccc2C2CC2)cc1. The molecule has 1 aliphatic carbocycles. The van der Waals surface area contributed by atoms with Gasteiger partial charge in [0.25, 0.3) is 0 Å². The molecule has 1 unspecified atom stereocenters. The molecule has 7 rings (SSSR count). The van der Waals surface area contributed by atoms with E-state index in [4.69, 9.17) is 0 Å². The lowest BCUT2D eigenvalue weighted by Crippen LogP contribution is -2.24. The zero-order valence-electron chi connectivity index (χ0n) is 19.4. The van der Waals surface area contributed by atoms with Gasteiger partial charge in [-0.05, 0) is 64.9 Å². The number of alkyl halides is 3. The molecule has 0 spiro atoms. The van der Waals surface area contributed by atoms with Crippen LogP contribution in [0, 0.1) is 0 Å². The number of hydrogen-bond donors (Lipinski definition) is 1. The summed E-state index contributed by atoms with van der Waals surface area (Å²) in [6.07, 6.45) is -2.27. The third-order valence-electron chi connectivity index (χ3n) is 7.47. The van der Waals surface area contributed by atoms with Crippen molar-refractivity contribution in [3.63, 3.8) is 0 Å². The van der Waals surface area contributed by atoms with Crippen LogP contribution in [0.25, 0.3) is 21.5 Å². The van der Waals surface area contributed by atoms with Gasteiger partial charge in [0.05, 0.1) is 16.9 Å². The van der Waals surface area contributed by atoms with Crippen LogP contribution in [-0.4, -0.2) is 0 Å². The number of benzene rings is 5. The predicted octanol–water partition coefficient (Wildman–Crippen LogP) is 9.15. The molecule has 1 fully saturated rings. The average molecular weight is 481 g/mol. The summed E-state index contributed by atoms with van der Waals surface area (Å²) in [5.41, 5.74) is 4.58. The van der Waals surface area contributed by atoms with E-state index in [1.165, 1.54) is 36.1 Å². The van der Waals surface area contributed by atoms with E-state index in [-0.39, 0.29) is 6.17 Å². The van der Waals surface area contributed by atoms with Crippen molar-refractivity contribution < 1.29 is 13.2 Å². The highest BCUT2D eigenvalue weighted by atomic mass is 19.4. The second-order valence-electron chi connectivity index (χ2n) is 9.68. The second-order valence-corrected chi connectivity index (χ2v) is 9.68. The molecule has 5 aromatic rings. The van der Waals surface area contributed by atoms with Gasteiger partial charge in [0, 0.05) is 16.5 Å².